The van der Waals surface area contributed by atoms with Gasteiger partial charge < -0.3 is 5.11 Å². The highest BCUT2D eigenvalue weighted by atomic mass is 35.5. The topological polar surface area (TPSA) is 79.3 Å². The van der Waals surface area contributed by atoms with Crippen molar-refractivity contribution < 1.29 is 17.9 Å². The second-order valence-corrected chi connectivity index (χ2v) is 5.59. The molecule has 0 aliphatic heterocycles. The van der Waals surface area contributed by atoms with Crippen LogP contribution < -0.4 is 4.72 Å². The second-order valence-electron chi connectivity index (χ2n) is 3.56. The quantitative estimate of drug-likeness (QED) is 0.853. The molecule has 5 nitrogen and oxygen atoms in total. The summed E-state index contributed by atoms with van der Waals surface area (Å²) in [4.78, 5) is 3.46. The van der Waals surface area contributed by atoms with Gasteiger partial charge in [0, 0.05) is 17.3 Å². The standard InChI is InChI=1S/C11H8ClFN2O3S/c12-7-3-4-9(10(16)6-7)15-19(17,18)11-8(13)2-1-5-14-11/h1-6,15-16H. The molecule has 0 saturated heterocycles. The summed E-state index contributed by atoms with van der Waals surface area (Å²) in [6.07, 6.45) is 1.15. The lowest BCUT2D eigenvalue weighted by Crippen LogP contribution is -2.16. The first-order valence-electron chi connectivity index (χ1n) is 5.02. The first-order chi connectivity index (χ1) is 8.90. The summed E-state index contributed by atoms with van der Waals surface area (Å²) < 4.78 is 39.2. The van der Waals surface area contributed by atoms with Gasteiger partial charge in [-0.3, -0.25) is 4.72 Å². The first-order valence-corrected chi connectivity index (χ1v) is 6.88. The van der Waals surface area contributed by atoms with Crippen molar-refractivity contribution in [2.45, 2.75) is 5.03 Å². The van der Waals surface area contributed by atoms with Crippen LogP contribution in [0.2, 0.25) is 5.02 Å². The fourth-order valence-corrected chi connectivity index (χ4v) is 2.60. The van der Waals surface area contributed by atoms with E-state index in [1.165, 1.54) is 18.2 Å². The molecule has 0 saturated carbocycles. The Morgan fingerprint density at radius 1 is 1.32 bits per heavy atom. The van der Waals surface area contributed by atoms with Crippen LogP contribution in [-0.4, -0.2) is 18.5 Å². The predicted octanol–water partition coefficient (Wildman–Crippen LogP) is 2.38. The number of phenolic OH excluding ortho intramolecular Hbond substituents is 1. The van der Waals surface area contributed by atoms with E-state index in [1.54, 1.807) is 0 Å². The van der Waals surface area contributed by atoms with Crippen LogP contribution in [-0.2, 0) is 10.0 Å². The van der Waals surface area contributed by atoms with Crippen molar-refractivity contribution >= 4 is 27.3 Å². The molecular formula is C11H8ClFN2O3S. The Kier molecular flexibility index (Phi) is 3.59. The minimum atomic E-state index is -4.22. The number of pyridine rings is 1. The fourth-order valence-electron chi connectivity index (χ4n) is 1.35. The van der Waals surface area contributed by atoms with Crippen molar-refractivity contribution in [3.05, 3.63) is 47.4 Å². The van der Waals surface area contributed by atoms with Crippen LogP contribution in [0.5, 0.6) is 5.75 Å². The Morgan fingerprint density at radius 3 is 2.68 bits per heavy atom. The molecule has 1 heterocycles. The lowest BCUT2D eigenvalue weighted by atomic mass is 10.3. The molecule has 0 aliphatic rings. The molecular weight excluding hydrogens is 295 g/mol. The van der Waals surface area contributed by atoms with Crippen molar-refractivity contribution in [1.82, 2.24) is 4.98 Å². The zero-order chi connectivity index (χ0) is 14.0. The molecule has 0 radical (unpaired) electrons. The van der Waals surface area contributed by atoms with Gasteiger partial charge in [0.15, 0.2) is 5.82 Å². The van der Waals surface area contributed by atoms with E-state index < -0.39 is 20.9 Å². The van der Waals surface area contributed by atoms with Crippen LogP contribution in [0.25, 0.3) is 0 Å². The van der Waals surface area contributed by atoms with E-state index in [-0.39, 0.29) is 16.5 Å². The summed E-state index contributed by atoms with van der Waals surface area (Å²) in [5, 5.41) is 9.04. The van der Waals surface area contributed by atoms with Crippen molar-refractivity contribution in [3.8, 4) is 5.75 Å². The molecule has 0 spiro atoms. The molecule has 0 unspecified atom stereocenters. The molecule has 0 atom stereocenters. The van der Waals surface area contributed by atoms with E-state index >= 15 is 0 Å². The van der Waals surface area contributed by atoms with Gasteiger partial charge in [-0.2, -0.15) is 8.42 Å². The largest absolute Gasteiger partial charge is 0.506 e. The summed E-state index contributed by atoms with van der Waals surface area (Å²) in [5.41, 5.74) is -0.116. The van der Waals surface area contributed by atoms with Crippen molar-refractivity contribution in [2.24, 2.45) is 0 Å². The number of aromatic hydroxyl groups is 1. The maximum Gasteiger partial charge on any atom is 0.282 e. The van der Waals surface area contributed by atoms with Gasteiger partial charge in [0.1, 0.15) is 5.75 Å². The molecule has 2 aromatic rings. The van der Waals surface area contributed by atoms with Gasteiger partial charge in [0.05, 0.1) is 5.69 Å². The van der Waals surface area contributed by atoms with Crippen LogP contribution in [0.15, 0.2) is 41.6 Å². The van der Waals surface area contributed by atoms with Gasteiger partial charge >= 0.3 is 0 Å². The van der Waals surface area contributed by atoms with Crippen LogP contribution in [0, 0.1) is 5.82 Å². The number of nitrogens with one attached hydrogen (secondary N) is 1. The van der Waals surface area contributed by atoms with Crippen LogP contribution in [0.4, 0.5) is 10.1 Å². The number of nitrogens with zero attached hydrogens (tertiary/aromatic N) is 1. The first kappa shape index (κ1) is 13.6. The van der Waals surface area contributed by atoms with Crippen LogP contribution >= 0.6 is 11.6 Å². The average molecular weight is 303 g/mol. The predicted molar refractivity (Wildman–Crippen MR) is 68.1 cm³/mol. The molecule has 8 heteroatoms. The average Bonchev–Trinajstić information content (AvgIpc) is 2.33. The third-order valence-electron chi connectivity index (χ3n) is 2.18. The number of benzene rings is 1. The van der Waals surface area contributed by atoms with Gasteiger partial charge in [-0.25, -0.2) is 9.37 Å². The third kappa shape index (κ3) is 2.94. The number of anilines is 1. The molecule has 1 aromatic heterocycles. The van der Waals surface area contributed by atoms with Gasteiger partial charge in [-0.15, -0.1) is 0 Å². The summed E-state index contributed by atoms with van der Waals surface area (Å²) in [7, 11) is -4.22. The molecule has 2 N–H and O–H groups in total. The molecule has 0 fully saturated rings. The molecule has 100 valence electrons. The number of phenols is 1. The molecule has 1 aromatic carbocycles. The lowest BCUT2D eigenvalue weighted by molar-refractivity contribution is 0.477. The molecule has 0 bridgehead atoms. The highest BCUT2D eigenvalue weighted by Gasteiger charge is 2.21. The third-order valence-corrected chi connectivity index (χ3v) is 3.72. The lowest BCUT2D eigenvalue weighted by Gasteiger charge is -2.09. The Balaban J connectivity index is 2.40. The maximum absolute atomic E-state index is 13.4. The summed E-state index contributed by atoms with van der Waals surface area (Å²) >= 11 is 5.62. The highest BCUT2D eigenvalue weighted by Crippen LogP contribution is 2.28. The van der Waals surface area contributed by atoms with Crippen molar-refractivity contribution in [3.63, 3.8) is 0 Å². The van der Waals surface area contributed by atoms with E-state index in [0.29, 0.717) is 0 Å². The zero-order valence-electron chi connectivity index (χ0n) is 9.34. The fraction of sp³-hybridized carbons (Fsp3) is 0. The minimum absolute atomic E-state index is 0.116. The number of halogens is 2. The SMILES string of the molecule is O=S(=O)(Nc1ccc(Cl)cc1O)c1ncccc1F. The van der Waals surface area contributed by atoms with Crippen LogP contribution in [0.3, 0.4) is 0 Å². The van der Waals surface area contributed by atoms with Crippen LogP contribution in [0.1, 0.15) is 0 Å². The monoisotopic (exact) mass is 302 g/mol. The zero-order valence-corrected chi connectivity index (χ0v) is 10.9. The molecule has 2 rings (SSSR count). The van der Waals surface area contributed by atoms with Gasteiger partial charge in [0.25, 0.3) is 10.0 Å². The van der Waals surface area contributed by atoms with Gasteiger partial charge in [-0.05, 0) is 24.3 Å². The normalized spacial score (nSPS) is 11.3. The number of hydrogen-bond acceptors (Lipinski definition) is 4. The highest BCUT2D eigenvalue weighted by molar-refractivity contribution is 7.92. The number of aromatic nitrogens is 1. The van der Waals surface area contributed by atoms with Gasteiger partial charge in [-0.1, -0.05) is 11.6 Å². The Morgan fingerprint density at radius 2 is 2.05 bits per heavy atom. The summed E-state index contributed by atoms with van der Waals surface area (Å²) in [5.74, 6) is -1.35. The van der Waals surface area contributed by atoms with E-state index in [4.69, 9.17) is 11.6 Å². The summed E-state index contributed by atoms with van der Waals surface area (Å²) in [6.45, 7) is 0. The Hall–Kier alpha value is -1.86. The van der Waals surface area contributed by atoms with E-state index in [2.05, 4.69) is 4.98 Å². The van der Waals surface area contributed by atoms with E-state index in [0.717, 1.165) is 18.3 Å². The number of sulfonamides is 1. The van der Waals surface area contributed by atoms with Crippen molar-refractivity contribution in [1.29, 1.82) is 0 Å². The number of hydrogen-bond donors (Lipinski definition) is 2. The Labute approximate surface area is 113 Å². The molecule has 0 amide bonds. The molecule has 0 aliphatic carbocycles. The second kappa shape index (κ2) is 5.02. The number of rotatable bonds is 3. The summed E-state index contributed by atoms with van der Waals surface area (Å²) in [6, 6.07) is 6.05. The smallest absolute Gasteiger partial charge is 0.282 e. The molecule has 19 heavy (non-hydrogen) atoms. The maximum atomic E-state index is 13.4. The minimum Gasteiger partial charge on any atom is -0.506 e. The van der Waals surface area contributed by atoms with Crippen molar-refractivity contribution in [2.75, 3.05) is 4.72 Å². The van der Waals surface area contributed by atoms with E-state index in [9.17, 15) is 17.9 Å². The Bertz CT molecular complexity index is 722. The van der Waals surface area contributed by atoms with E-state index in [1.807, 2.05) is 4.72 Å². The van der Waals surface area contributed by atoms with Gasteiger partial charge in [0.2, 0.25) is 5.03 Å².